The molecule has 2 amide bonds. The fourth-order valence-electron chi connectivity index (χ4n) is 2.48. The average Bonchev–Trinajstić information content (AvgIpc) is 3.08. The van der Waals surface area contributed by atoms with Gasteiger partial charge >= 0.3 is 6.03 Å². The van der Waals surface area contributed by atoms with Gasteiger partial charge < -0.3 is 10.2 Å². The van der Waals surface area contributed by atoms with Gasteiger partial charge in [-0.3, -0.25) is 0 Å². The van der Waals surface area contributed by atoms with Gasteiger partial charge in [0.05, 0.1) is 0 Å². The van der Waals surface area contributed by atoms with E-state index in [0.29, 0.717) is 5.92 Å². The number of carbonyl (C=O) groups excluding carboxylic acids is 1. The molecule has 1 unspecified atom stereocenters. The normalized spacial score (nSPS) is 25.6. The number of piperidine rings is 1. The number of hydrogen-bond acceptors (Lipinski definition) is 1. The second-order valence-electron chi connectivity index (χ2n) is 5.51. The maximum absolute atomic E-state index is 11.8. The average molecular weight is 224 g/mol. The molecular formula is C13H24N2O. The summed E-state index contributed by atoms with van der Waals surface area (Å²) in [6, 6.07) is 0.155. The summed E-state index contributed by atoms with van der Waals surface area (Å²) in [6.07, 6.45) is 7.72. The molecule has 1 aliphatic carbocycles. The van der Waals surface area contributed by atoms with E-state index in [1.165, 1.54) is 25.7 Å². The van der Waals surface area contributed by atoms with Gasteiger partial charge in [0.1, 0.15) is 0 Å². The molecule has 2 rings (SSSR count). The Kier molecular flexibility index (Phi) is 4.08. The summed E-state index contributed by atoms with van der Waals surface area (Å²) >= 11 is 0. The molecule has 1 heterocycles. The third-order valence-electron chi connectivity index (χ3n) is 3.71. The summed E-state index contributed by atoms with van der Waals surface area (Å²) in [7, 11) is 0. The maximum atomic E-state index is 11.8. The molecule has 2 aliphatic rings. The van der Waals surface area contributed by atoms with Gasteiger partial charge in [-0.05, 0) is 37.5 Å². The zero-order valence-electron chi connectivity index (χ0n) is 10.4. The van der Waals surface area contributed by atoms with Crippen molar-refractivity contribution in [2.45, 2.75) is 45.4 Å². The molecule has 0 radical (unpaired) electrons. The van der Waals surface area contributed by atoms with E-state index < -0.39 is 0 Å². The number of likely N-dealkylation sites (tertiary alicyclic amines) is 1. The van der Waals surface area contributed by atoms with Crippen LogP contribution in [0.5, 0.6) is 0 Å². The van der Waals surface area contributed by atoms with Crippen LogP contribution in [0.25, 0.3) is 0 Å². The summed E-state index contributed by atoms with van der Waals surface area (Å²) < 4.78 is 0. The van der Waals surface area contributed by atoms with E-state index in [1.807, 2.05) is 4.90 Å². The smallest absolute Gasteiger partial charge is 0.317 e. The summed E-state index contributed by atoms with van der Waals surface area (Å²) in [6.45, 7) is 4.97. The van der Waals surface area contributed by atoms with Crippen LogP contribution >= 0.6 is 0 Å². The van der Waals surface area contributed by atoms with Gasteiger partial charge in [-0.15, -0.1) is 0 Å². The van der Waals surface area contributed by atoms with Crippen LogP contribution in [0.1, 0.15) is 45.4 Å². The third-order valence-corrected chi connectivity index (χ3v) is 3.71. The maximum Gasteiger partial charge on any atom is 0.317 e. The molecule has 1 atom stereocenters. The molecule has 0 aromatic heterocycles. The Hall–Kier alpha value is -0.730. The van der Waals surface area contributed by atoms with E-state index in [9.17, 15) is 4.79 Å². The molecule has 1 aliphatic heterocycles. The van der Waals surface area contributed by atoms with Gasteiger partial charge in [0.25, 0.3) is 0 Å². The number of urea groups is 1. The highest BCUT2D eigenvalue weighted by atomic mass is 16.2. The van der Waals surface area contributed by atoms with Crippen molar-refractivity contribution in [3.8, 4) is 0 Å². The molecule has 0 spiro atoms. The lowest BCUT2D eigenvalue weighted by molar-refractivity contribution is 0.169. The first-order valence-electron chi connectivity index (χ1n) is 6.78. The second-order valence-corrected chi connectivity index (χ2v) is 5.51. The number of carbonyl (C=O) groups is 1. The molecule has 92 valence electrons. The Labute approximate surface area is 98.6 Å². The van der Waals surface area contributed by atoms with Crippen LogP contribution in [-0.2, 0) is 0 Å². The number of amides is 2. The van der Waals surface area contributed by atoms with Crippen LogP contribution < -0.4 is 5.32 Å². The van der Waals surface area contributed by atoms with E-state index in [0.717, 1.165) is 38.4 Å². The van der Waals surface area contributed by atoms with E-state index in [4.69, 9.17) is 0 Å². The summed E-state index contributed by atoms with van der Waals surface area (Å²) in [5.41, 5.74) is 0. The van der Waals surface area contributed by atoms with Crippen LogP contribution in [0.15, 0.2) is 0 Å². The predicted octanol–water partition coefficient (Wildman–Crippen LogP) is 2.62. The van der Waals surface area contributed by atoms with E-state index in [2.05, 4.69) is 12.2 Å². The molecular weight excluding hydrogens is 200 g/mol. The lowest BCUT2D eigenvalue weighted by Crippen LogP contribution is -2.45. The first-order valence-corrected chi connectivity index (χ1v) is 6.78. The lowest BCUT2D eigenvalue weighted by Gasteiger charge is -2.30. The van der Waals surface area contributed by atoms with E-state index in [1.54, 1.807) is 0 Å². The van der Waals surface area contributed by atoms with Crippen molar-refractivity contribution in [1.29, 1.82) is 0 Å². The number of nitrogens with one attached hydrogen (secondary N) is 1. The standard InChI is InChI=1S/C13H24N2O/c1-11-4-3-9-15(10-11)13(16)14-8-2-5-12-6-7-12/h11-12H,2-10H2,1H3,(H,14,16). The Morgan fingerprint density at radius 1 is 1.38 bits per heavy atom. The molecule has 3 heteroatoms. The molecule has 0 aromatic carbocycles. The van der Waals surface area contributed by atoms with Crippen LogP contribution in [0.2, 0.25) is 0 Å². The van der Waals surface area contributed by atoms with Gasteiger partial charge in [-0.25, -0.2) is 4.79 Å². The van der Waals surface area contributed by atoms with Crippen molar-refractivity contribution in [2.75, 3.05) is 19.6 Å². The quantitative estimate of drug-likeness (QED) is 0.731. The lowest BCUT2D eigenvalue weighted by atomic mass is 10.0. The zero-order valence-corrected chi connectivity index (χ0v) is 10.4. The highest BCUT2D eigenvalue weighted by Crippen LogP contribution is 2.33. The highest BCUT2D eigenvalue weighted by molar-refractivity contribution is 5.74. The topological polar surface area (TPSA) is 32.3 Å². The summed E-state index contributed by atoms with van der Waals surface area (Å²) in [5, 5.41) is 3.04. The van der Waals surface area contributed by atoms with Gasteiger partial charge in [-0.2, -0.15) is 0 Å². The van der Waals surface area contributed by atoms with E-state index >= 15 is 0 Å². The van der Waals surface area contributed by atoms with E-state index in [-0.39, 0.29) is 6.03 Å². The fourth-order valence-corrected chi connectivity index (χ4v) is 2.48. The minimum absolute atomic E-state index is 0.155. The first-order chi connectivity index (χ1) is 7.75. The largest absolute Gasteiger partial charge is 0.338 e. The van der Waals surface area contributed by atoms with Crippen molar-refractivity contribution in [3.63, 3.8) is 0 Å². The molecule has 0 bridgehead atoms. The van der Waals surface area contributed by atoms with Gasteiger partial charge in [-0.1, -0.05) is 19.8 Å². The Bertz CT molecular complexity index is 238. The molecule has 1 saturated carbocycles. The summed E-state index contributed by atoms with van der Waals surface area (Å²) in [4.78, 5) is 13.8. The molecule has 1 N–H and O–H groups in total. The minimum atomic E-state index is 0.155. The Balaban J connectivity index is 1.58. The molecule has 1 saturated heterocycles. The monoisotopic (exact) mass is 224 g/mol. The SMILES string of the molecule is CC1CCCN(C(=O)NCCCC2CC2)C1. The van der Waals surface area contributed by atoms with Gasteiger partial charge in [0, 0.05) is 19.6 Å². The van der Waals surface area contributed by atoms with Crippen molar-refractivity contribution in [2.24, 2.45) is 11.8 Å². The third kappa shape index (κ3) is 3.69. The van der Waals surface area contributed by atoms with Crippen LogP contribution in [0.3, 0.4) is 0 Å². The molecule has 0 aromatic rings. The number of nitrogens with zero attached hydrogens (tertiary/aromatic N) is 1. The molecule has 16 heavy (non-hydrogen) atoms. The van der Waals surface area contributed by atoms with Crippen LogP contribution in [-0.4, -0.2) is 30.6 Å². The van der Waals surface area contributed by atoms with Crippen molar-refractivity contribution >= 4 is 6.03 Å². The molecule has 2 fully saturated rings. The van der Waals surface area contributed by atoms with Crippen molar-refractivity contribution in [3.05, 3.63) is 0 Å². The van der Waals surface area contributed by atoms with Crippen molar-refractivity contribution in [1.82, 2.24) is 10.2 Å². The minimum Gasteiger partial charge on any atom is -0.338 e. The van der Waals surface area contributed by atoms with Crippen molar-refractivity contribution < 1.29 is 4.79 Å². The Morgan fingerprint density at radius 3 is 2.88 bits per heavy atom. The van der Waals surface area contributed by atoms with Crippen LogP contribution in [0.4, 0.5) is 4.79 Å². The zero-order chi connectivity index (χ0) is 11.4. The predicted molar refractivity (Wildman–Crippen MR) is 65.3 cm³/mol. The highest BCUT2D eigenvalue weighted by Gasteiger charge is 2.22. The van der Waals surface area contributed by atoms with Gasteiger partial charge in [0.2, 0.25) is 0 Å². The second kappa shape index (κ2) is 5.55. The van der Waals surface area contributed by atoms with Gasteiger partial charge in [0.15, 0.2) is 0 Å². The van der Waals surface area contributed by atoms with Crippen LogP contribution in [0, 0.1) is 11.8 Å². The number of hydrogen-bond donors (Lipinski definition) is 1. The first kappa shape index (κ1) is 11.7. The fraction of sp³-hybridized carbons (Fsp3) is 0.923. The summed E-state index contributed by atoms with van der Waals surface area (Å²) in [5.74, 6) is 1.65. The number of rotatable bonds is 4. The Morgan fingerprint density at radius 2 is 2.19 bits per heavy atom. The molecule has 3 nitrogen and oxygen atoms in total.